The molecule has 0 saturated heterocycles. The average molecular weight is 321 g/mol. The van der Waals surface area contributed by atoms with Gasteiger partial charge in [-0.1, -0.05) is 77.3 Å². The van der Waals surface area contributed by atoms with Crippen LogP contribution in [0.25, 0.3) is 0 Å². The number of hydrogen-bond donors (Lipinski definition) is 1. The summed E-state index contributed by atoms with van der Waals surface area (Å²) in [5, 5.41) is 11.4. The van der Waals surface area contributed by atoms with E-state index in [1.54, 1.807) is 0 Å². The molecule has 23 heavy (non-hydrogen) atoms. The standard InChI is InChI=1S/C19H30O2.C2H6/c1-3-10-18(4-2)21-15-19(20,17-13-8-9-14-17)16-11-6-5-7-12-16;1-2/h5-7,11-12,17-18,20H,3-4,8-10,13-15H2,1-2H3;1-2H3/t18-,19+;/m1./s1. The predicted octanol–water partition coefficient (Wildman–Crippen LogP) is 5.69. The molecule has 1 aromatic carbocycles. The molecule has 0 spiro atoms. The SMILES string of the molecule is CC.CCC[C@@H](CC)OC[C@](O)(c1ccccc1)C1CCCC1. The lowest BCUT2D eigenvalue weighted by molar-refractivity contribution is -0.111. The summed E-state index contributed by atoms with van der Waals surface area (Å²) in [7, 11) is 0. The Morgan fingerprint density at radius 3 is 2.26 bits per heavy atom. The maximum Gasteiger partial charge on any atom is 0.116 e. The summed E-state index contributed by atoms with van der Waals surface area (Å²) < 4.78 is 6.11. The minimum Gasteiger partial charge on any atom is -0.382 e. The van der Waals surface area contributed by atoms with Crippen LogP contribution in [0.15, 0.2) is 30.3 Å². The number of aliphatic hydroxyl groups is 1. The zero-order chi connectivity index (χ0) is 17.1. The Hall–Kier alpha value is -0.860. The van der Waals surface area contributed by atoms with Gasteiger partial charge in [0.05, 0.1) is 12.7 Å². The van der Waals surface area contributed by atoms with E-state index in [-0.39, 0.29) is 6.10 Å². The molecule has 0 unspecified atom stereocenters. The molecule has 2 rings (SSSR count). The average Bonchev–Trinajstić information content (AvgIpc) is 3.16. The van der Waals surface area contributed by atoms with E-state index in [0.29, 0.717) is 12.5 Å². The molecule has 0 heterocycles. The Morgan fingerprint density at radius 2 is 1.74 bits per heavy atom. The number of hydrogen-bond acceptors (Lipinski definition) is 2. The minimum atomic E-state index is -0.821. The molecule has 1 N–H and O–H groups in total. The maximum absolute atomic E-state index is 11.4. The first-order valence-corrected chi connectivity index (χ1v) is 9.60. The minimum absolute atomic E-state index is 0.270. The van der Waals surface area contributed by atoms with Crippen LogP contribution in [0, 0.1) is 5.92 Å². The summed E-state index contributed by atoms with van der Waals surface area (Å²) in [4.78, 5) is 0. The van der Waals surface area contributed by atoms with E-state index in [1.807, 2.05) is 44.2 Å². The second-order valence-corrected chi connectivity index (χ2v) is 6.40. The fourth-order valence-electron chi connectivity index (χ4n) is 3.54. The van der Waals surface area contributed by atoms with Crippen LogP contribution in [0.2, 0.25) is 0 Å². The molecular formula is C21H36O2. The maximum atomic E-state index is 11.4. The van der Waals surface area contributed by atoms with Crippen molar-refractivity contribution >= 4 is 0 Å². The van der Waals surface area contributed by atoms with Gasteiger partial charge in [-0.3, -0.25) is 0 Å². The lowest BCUT2D eigenvalue weighted by atomic mass is 9.80. The molecule has 0 amide bonds. The molecule has 1 aliphatic carbocycles. The Bertz CT molecular complexity index is 398. The zero-order valence-electron chi connectivity index (χ0n) is 15.6. The Kier molecular flexibility index (Phi) is 9.50. The Labute approximate surface area is 143 Å². The van der Waals surface area contributed by atoms with Crippen LogP contribution in [0.3, 0.4) is 0 Å². The first-order chi connectivity index (χ1) is 11.2. The summed E-state index contributed by atoms with van der Waals surface area (Å²) in [6.07, 6.45) is 8.17. The topological polar surface area (TPSA) is 29.5 Å². The second kappa shape index (κ2) is 10.8. The molecular weight excluding hydrogens is 284 g/mol. The monoisotopic (exact) mass is 320 g/mol. The molecule has 1 aliphatic rings. The van der Waals surface area contributed by atoms with E-state index in [2.05, 4.69) is 13.8 Å². The second-order valence-electron chi connectivity index (χ2n) is 6.40. The third-order valence-corrected chi connectivity index (χ3v) is 4.91. The van der Waals surface area contributed by atoms with E-state index in [1.165, 1.54) is 12.8 Å². The van der Waals surface area contributed by atoms with Crippen LogP contribution < -0.4 is 0 Å². The van der Waals surface area contributed by atoms with Gasteiger partial charge in [-0.2, -0.15) is 0 Å². The van der Waals surface area contributed by atoms with E-state index >= 15 is 0 Å². The van der Waals surface area contributed by atoms with Gasteiger partial charge in [0.15, 0.2) is 0 Å². The molecule has 0 aromatic heterocycles. The van der Waals surface area contributed by atoms with Crippen molar-refractivity contribution in [3.8, 4) is 0 Å². The molecule has 132 valence electrons. The Balaban J connectivity index is 0.00000127. The largest absolute Gasteiger partial charge is 0.382 e. The first-order valence-electron chi connectivity index (χ1n) is 9.60. The van der Waals surface area contributed by atoms with Crippen LogP contribution in [0.1, 0.15) is 78.2 Å². The van der Waals surface area contributed by atoms with E-state index in [9.17, 15) is 5.11 Å². The molecule has 1 saturated carbocycles. The third-order valence-electron chi connectivity index (χ3n) is 4.91. The highest BCUT2D eigenvalue weighted by atomic mass is 16.5. The fourth-order valence-corrected chi connectivity index (χ4v) is 3.54. The Morgan fingerprint density at radius 1 is 1.13 bits per heavy atom. The molecule has 2 atom stereocenters. The van der Waals surface area contributed by atoms with E-state index in [4.69, 9.17) is 4.74 Å². The van der Waals surface area contributed by atoms with Gasteiger partial charge in [-0.15, -0.1) is 0 Å². The molecule has 0 bridgehead atoms. The van der Waals surface area contributed by atoms with Crippen LogP contribution in [0.4, 0.5) is 0 Å². The molecule has 2 nitrogen and oxygen atoms in total. The van der Waals surface area contributed by atoms with Gasteiger partial charge in [0.1, 0.15) is 5.60 Å². The van der Waals surface area contributed by atoms with Gasteiger partial charge in [0.2, 0.25) is 0 Å². The molecule has 2 heteroatoms. The zero-order valence-corrected chi connectivity index (χ0v) is 15.6. The van der Waals surface area contributed by atoms with Crippen molar-refractivity contribution in [3.63, 3.8) is 0 Å². The van der Waals surface area contributed by atoms with Gasteiger partial charge in [-0.25, -0.2) is 0 Å². The number of rotatable bonds is 8. The van der Waals surface area contributed by atoms with Gasteiger partial charge in [0, 0.05) is 0 Å². The molecule has 1 fully saturated rings. The van der Waals surface area contributed by atoms with E-state index in [0.717, 1.165) is 37.7 Å². The smallest absolute Gasteiger partial charge is 0.116 e. The molecule has 0 radical (unpaired) electrons. The van der Waals surface area contributed by atoms with Crippen molar-refractivity contribution in [1.29, 1.82) is 0 Å². The van der Waals surface area contributed by atoms with Crippen molar-refractivity contribution in [3.05, 3.63) is 35.9 Å². The lowest BCUT2D eigenvalue weighted by Crippen LogP contribution is -2.40. The number of benzene rings is 1. The van der Waals surface area contributed by atoms with Crippen molar-refractivity contribution in [1.82, 2.24) is 0 Å². The van der Waals surface area contributed by atoms with Crippen molar-refractivity contribution < 1.29 is 9.84 Å². The highest BCUT2D eigenvalue weighted by molar-refractivity contribution is 5.24. The van der Waals surface area contributed by atoms with Crippen LogP contribution in [-0.2, 0) is 10.3 Å². The summed E-state index contributed by atoms with van der Waals surface area (Å²) in [6.45, 7) is 8.78. The lowest BCUT2D eigenvalue weighted by Gasteiger charge is -2.35. The van der Waals surface area contributed by atoms with Gasteiger partial charge in [0.25, 0.3) is 0 Å². The number of ether oxygens (including phenoxy) is 1. The van der Waals surface area contributed by atoms with E-state index < -0.39 is 5.60 Å². The summed E-state index contributed by atoms with van der Waals surface area (Å²) in [5.41, 5.74) is 0.196. The highest BCUT2D eigenvalue weighted by Gasteiger charge is 2.40. The molecule has 0 aliphatic heterocycles. The van der Waals surface area contributed by atoms with Crippen LogP contribution in [-0.4, -0.2) is 17.8 Å². The van der Waals surface area contributed by atoms with Crippen LogP contribution >= 0.6 is 0 Å². The summed E-state index contributed by atoms with van der Waals surface area (Å²) in [5.74, 6) is 0.332. The van der Waals surface area contributed by atoms with Gasteiger partial charge >= 0.3 is 0 Å². The quantitative estimate of drug-likeness (QED) is 0.667. The fraction of sp³-hybridized carbons (Fsp3) is 0.714. The molecule has 1 aromatic rings. The third kappa shape index (κ3) is 5.61. The predicted molar refractivity (Wildman–Crippen MR) is 98.6 cm³/mol. The summed E-state index contributed by atoms with van der Waals surface area (Å²) in [6, 6.07) is 10.1. The first kappa shape index (κ1) is 20.2. The van der Waals surface area contributed by atoms with Crippen molar-refractivity contribution in [2.45, 2.75) is 84.3 Å². The van der Waals surface area contributed by atoms with Gasteiger partial charge < -0.3 is 9.84 Å². The highest BCUT2D eigenvalue weighted by Crippen LogP contribution is 2.41. The van der Waals surface area contributed by atoms with Gasteiger partial charge in [-0.05, 0) is 37.2 Å². The van der Waals surface area contributed by atoms with Crippen molar-refractivity contribution in [2.24, 2.45) is 5.92 Å². The summed E-state index contributed by atoms with van der Waals surface area (Å²) >= 11 is 0. The van der Waals surface area contributed by atoms with Crippen LogP contribution in [0.5, 0.6) is 0 Å². The normalized spacial score (nSPS) is 18.8. The van der Waals surface area contributed by atoms with Crippen molar-refractivity contribution in [2.75, 3.05) is 6.61 Å².